The Balaban J connectivity index is 3.51. The predicted molar refractivity (Wildman–Crippen MR) is 72.7 cm³/mol. The maximum Gasteiger partial charge on any atom is 0.0809 e. The number of hydrogen-bond donors (Lipinski definition) is 2. The van der Waals surface area contributed by atoms with Crippen LogP contribution in [0.1, 0.15) is 51.9 Å². The van der Waals surface area contributed by atoms with Crippen molar-refractivity contribution in [3.05, 3.63) is 0 Å². The topological polar surface area (TPSA) is 58.9 Å². The van der Waals surface area contributed by atoms with E-state index in [1.165, 1.54) is 32.1 Å². The Morgan fingerprint density at radius 2 is 1.56 bits per heavy atom. The number of aliphatic hydroxyl groups excluding tert-OH is 2. The molecule has 1 unspecified atom stereocenters. The van der Waals surface area contributed by atoms with Gasteiger partial charge in [-0.1, -0.05) is 45.4 Å². The maximum atomic E-state index is 8.75. The van der Waals surface area contributed by atoms with Crippen LogP contribution in [0.15, 0.2) is 0 Å². The number of unbranched alkanes of at least 4 members (excludes halogenated alkanes) is 5. The van der Waals surface area contributed by atoms with E-state index in [0.29, 0.717) is 19.8 Å². The summed E-state index contributed by atoms with van der Waals surface area (Å²) < 4.78 is 10.8. The second-order valence-electron chi connectivity index (χ2n) is 4.57. The van der Waals surface area contributed by atoms with Crippen LogP contribution < -0.4 is 0 Å². The van der Waals surface area contributed by atoms with E-state index >= 15 is 0 Å². The van der Waals surface area contributed by atoms with Crippen LogP contribution in [0.4, 0.5) is 0 Å². The van der Waals surface area contributed by atoms with E-state index in [1.807, 2.05) is 0 Å². The summed E-state index contributed by atoms with van der Waals surface area (Å²) in [6.45, 7) is 3.54. The molecule has 18 heavy (non-hydrogen) atoms. The molecule has 0 heterocycles. The minimum Gasteiger partial charge on any atom is -0.394 e. The van der Waals surface area contributed by atoms with Gasteiger partial charge >= 0.3 is 0 Å². The first-order chi connectivity index (χ1) is 8.85. The van der Waals surface area contributed by atoms with Crippen LogP contribution in [0.3, 0.4) is 0 Å². The summed E-state index contributed by atoms with van der Waals surface area (Å²) in [5.74, 6) is 0. The molecule has 0 aliphatic carbocycles. The fourth-order valence-electron chi connectivity index (χ4n) is 1.87. The first-order valence-electron chi connectivity index (χ1n) is 7.26. The quantitative estimate of drug-likeness (QED) is 0.471. The van der Waals surface area contributed by atoms with Crippen molar-refractivity contribution in [2.24, 2.45) is 0 Å². The molecule has 0 aromatic heterocycles. The normalized spacial score (nSPS) is 12.8. The van der Waals surface area contributed by atoms with Crippen molar-refractivity contribution in [3.63, 3.8) is 0 Å². The zero-order chi connectivity index (χ0) is 13.5. The molecular weight excluding hydrogens is 232 g/mol. The van der Waals surface area contributed by atoms with Crippen LogP contribution in [-0.4, -0.2) is 49.4 Å². The second-order valence-corrected chi connectivity index (χ2v) is 4.57. The molecule has 0 bridgehead atoms. The fourth-order valence-corrected chi connectivity index (χ4v) is 1.87. The van der Waals surface area contributed by atoms with Gasteiger partial charge in [0.2, 0.25) is 0 Å². The zero-order valence-corrected chi connectivity index (χ0v) is 11.8. The van der Waals surface area contributed by atoms with Crippen molar-refractivity contribution in [3.8, 4) is 0 Å². The standard InChI is InChI=1S/C14H30O4/c1-2-3-4-5-6-7-8-14(18-12-10-16)13-17-11-9-15/h14-16H,2-13H2,1H3. The Hall–Kier alpha value is -0.160. The Morgan fingerprint density at radius 1 is 0.889 bits per heavy atom. The highest BCUT2D eigenvalue weighted by Crippen LogP contribution is 2.10. The molecule has 0 amide bonds. The Labute approximate surface area is 111 Å². The minimum atomic E-state index is 0.0454. The van der Waals surface area contributed by atoms with E-state index in [-0.39, 0.29) is 19.3 Å². The highest BCUT2D eigenvalue weighted by atomic mass is 16.5. The fraction of sp³-hybridized carbons (Fsp3) is 1.00. The van der Waals surface area contributed by atoms with Crippen LogP contribution in [-0.2, 0) is 9.47 Å². The van der Waals surface area contributed by atoms with Crippen LogP contribution in [0, 0.1) is 0 Å². The predicted octanol–water partition coefficient (Wildman–Crippen LogP) is 2.12. The molecule has 0 aliphatic rings. The molecule has 0 aromatic carbocycles. The Morgan fingerprint density at radius 3 is 2.22 bits per heavy atom. The SMILES string of the molecule is CCCCCCCCC(COCCO)OCCO. The summed E-state index contributed by atoms with van der Waals surface area (Å²) in [6, 6.07) is 0. The van der Waals surface area contributed by atoms with Crippen molar-refractivity contribution >= 4 is 0 Å². The van der Waals surface area contributed by atoms with E-state index < -0.39 is 0 Å². The van der Waals surface area contributed by atoms with Crippen molar-refractivity contribution in [2.45, 2.75) is 58.0 Å². The molecule has 0 saturated carbocycles. The van der Waals surface area contributed by atoms with E-state index in [4.69, 9.17) is 19.7 Å². The highest BCUT2D eigenvalue weighted by molar-refractivity contribution is 4.58. The molecule has 0 radical (unpaired) electrons. The summed E-state index contributed by atoms with van der Waals surface area (Å²) in [5, 5.41) is 17.4. The number of aliphatic hydroxyl groups is 2. The number of rotatable bonds is 14. The largest absolute Gasteiger partial charge is 0.394 e. The summed E-state index contributed by atoms with van der Waals surface area (Å²) in [5.41, 5.74) is 0. The Bertz CT molecular complexity index is 153. The monoisotopic (exact) mass is 262 g/mol. The van der Waals surface area contributed by atoms with Gasteiger partial charge in [-0.15, -0.1) is 0 Å². The third kappa shape index (κ3) is 12.3. The van der Waals surface area contributed by atoms with Crippen LogP contribution >= 0.6 is 0 Å². The molecule has 0 spiro atoms. The lowest BCUT2D eigenvalue weighted by atomic mass is 10.1. The maximum absolute atomic E-state index is 8.75. The van der Waals surface area contributed by atoms with Gasteiger partial charge < -0.3 is 19.7 Å². The second kappa shape index (κ2) is 14.9. The molecule has 4 heteroatoms. The highest BCUT2D eigenvalue weighted by Gasteiger charge is 2.08. The first kappa shape index (κ1) is 17.8. The van der Waals surface area contributed by atoms with Crippen molar-refractivity contribution < 1.29 is 19.7 Å². The van der Waals surface area contributed by atoms with Crippen LogP contribution in [0.2, 0.25) is 0 Å². The number of hydrogen-bond acceptors (Lipinski definition) is 4. The lowest BCUT2D eigenvalue weighted by molar-refractivity contribution is -0.0376. The smallest absolute Gasteiger partial charge is 0.0809 e. The average molecular weight is 262 g/mol. The van der Waals surface area contributed by atoms with Crippen LogP contribution in [0.5, 0.6) is 0 Å². The van der Waals surface area contributed by atoms with Gasteiger partial charge in [0, 0.05) is 0 Å². The van der Waals surface area contributed by atoms with Crippen molar-refractivity contribution in [1.29, 1.82) is 0 Å². The molecule has 0 aliphatic heterocycles. The van der Waals surface area contributed by atoms with Gasteiger partial charge in [-0.3, -0.25) is 0 Å². The van der Waals surface area contributed by atoms with Crippen LogP contribution in [0.25, 0.3) is 0 Å². The molecule has 1 atom stereocenters. The van der Waals surface area contributed by atoms with Gasteiger partial charge in [0.15, 0.2) is 0 Å². The third-order valence-corrected chi connectivity index (χ3v) is 2.86. The molecule has 0 rings (SSSR count). The Kier molecular flexibility index (Phi) is 14.8. The van der Waals surface area contributed by atoms with Gasteiger partial charge in [-0.25, -0.2) is 0 Å². The van der Waals surface area contributed by atoms with Gasteiger partial charge in [0.25, 0.3) is 0 Å². The van der Waals surface area contributed by atoms with E-state index in [9.17, 15) is 0 Å². The minimum absolute atomic E-state index is 0.0454. The van der Waals surface area contributed by atoms with E-state index in [2.05, 4.69) is 6.92 Å². The summed E-state index contributed by atoms with van der Waals surface area (Å²) >= 11 is 0. The van der Waals surface area contributed by atoms with Gasteiger partial charge in [-0.2, -0.15) is 0 Å². The molecule has 110 valence electrons. The molecule has 4 nitrogen and oxygen atoms in total. The summed E-state index contributed by atoms with van der Waals surface area (Å²) in [7, 11) is 0. The molecular formula is C14H30O4. The number of ether oxygens (including phenoxy) is 2. The van der Waals surface area contributed by atoms with E-state index in [1.54, 1.807) is 0 Å². The van der Waals surface area contributed by atoms with E-state index in [0.717, 1.165) is 12.8 Å². The van der Waals surface area contributed by atoms with Gasteiger partial charge in [-0.05, 0) is 6.42 Å². The molecule has 0 saturated heterocycles. The van der Waals surface area contributed by atoms with Gasteiger partial charge in [0.1, 0.15) is 0 Å². The third-order valence-electron chi connectivity index (χ3n) is 2.86. The molecule has 0 fully saturated rings. The van der Waals surface area contributed by atoms with Gasteiger partial charge in [0.05, 0.1) is 39.1 Å². The first-order valence-corrected chi connectivity index (χ1v) is 7.26. The lowest BCUT2D eigenvalue weighted by Gasteiger charge is -2.17. The zero-order valence-electron chi connectivity index (χ0n) is 11.8. The summed E-state index contributed by atoms with van der Waals surface area (Å²) in [6.07, 6.45) is 8.60. The van der Waals surface area contributed by atoms with Crippen molar-refractivity contribution in [1.82, 2.24) is 0 Å². The van der Waals surface area contributed by atoms with Crippen molar-refractivity contribution in [2.75, 3.05) is 33.0 Å². The average Bonchev–Trinajstić information content (AvgIpc) is 2.39. The summed E-state index contributed by atoms with van der Waals surface area (Å²) in [4.78, 5) is 0. The molecule has 2 N–H and O–H groups in total. The lowest BCUT2D eigenvalue weighted by Crippen LogP contribution is -2.22. The molecule has 0 aromatic rings.